The molecule has 3 rings (SSSR count). The van der Waals surface area contributed by atoms with Gasteiger partial charge in [-0.15, -0.1) is 0 Å². The zero-order valence-corrected chi connectivity index (χ0v) is 13.1. The van der Waals surface area contributed by atoms with E-state index in [0.29, 0.717) is 22.1 Å². The van der Waals surface area contributed by atoms with Gasteiger partial charge in [-0.3, -0.25) is 4.79 Å². The van der Waals surface area contributed by atoms with Crippen LogP contribution in [0.25, 0.3) is 17.0 Å². The molecule has 4 nitrogen and oxygen atoms in total. The van der Waals surface area contributed by atoms with Crippen LogP contribution in [0.4, 0.5) is 5.69 Å². The van der Waals surface area contributed by atoms with Crippen molar-refractivity contribution in [1.82, 2.24) is 0 Å². The van der Waals surface area contributed by atoms with Crippen LogP contribution in [0.2, 0.25) is 5.02 Å². The van der Waals surface area contributed by atoms with E-state index in [-0.39, 0.29) is 5.91 Å². The number of furan rings is 1. The van der Waals surface area contributed by atoms with E-state index >= 15 is 0 Å². The van der Waals surface area contributed by atoms with Crippen molar-refractivity contribution >= 4 is 40.2 Å². The Bertz CT molecular complexity index is 869. The van der Waals surface area contributed by atoms with Crippen molar-refractivity contribution < 1.29 is 13.9 Å². The summed E-state index contributed by atoms with van der Waals surface area (Å²) in [6.07, 6.45) is 3.02. The molecule has 0 aliphatic carbocycles. The number of carbonyl (C=O) groups is 1. The van der Waals surface area contributed by atoms with E-state index < -0.39 is 0 Å². The average molecular weight is 328 g/mol. The van der Waals surface area contributed by atoms with Crippen LogP contribution < -0.4 is 10.1 Å². The molecule has 0 radical (unpaired) electrons. The molecule has 0 aliphatic heterocycles. The predicted octanol–water partition coefficient (Wildman–Crippen LogP) is 4.75. The number of amides is 1. The number of para-hydroxylation sites is 1. The number of halogens is 1. The first kappa shape index (κ1) is 15.2. The highest BCUT2D eigenvalue weighted by atomic mass is 35.5. The smallest absolute Gasteiger partial charge is 0.248 e. The Kier molecular flexibility index (Phi) is 4.35. The van der Waals surface area contributed by atoms with E-state index in [0.717, 1.165) is 11.1 Å². The van der Waals surface area contributed by atoms with E-state index in [9.17, 15) is 4.79 Å². The number of benzene rings is 2. The molecule has 1 heterocycles. The van der Waals surface area contributed by atoms with Crippen LogP contribution in [-0.4, -0.2) is 13.0 Å². The lowest BCUT2D eigenvalue weighted by molar-refractivity contribution is -0.111. The second kappa shape index (κ2) is 6.58. The number of fused-ring (bicyclic) bond motifs is 1. The first-order chi connectivity index (χ1) is 11.2. The minimum Gasteiger partial charge on any atom is -0.493 e. The van der Waals surface area contributed by atoms with Crippen LogP contribution >= 0.6 is 11.6 Å². The number of hydrogen-bond donors (Lipinski definition) is 1. The summed E-state index contributed by atoms with van der Waals surface area (Å²) in [6.45, 7) is 0. The fourth-order valence-corrected chi connectivity index (χ4v) is 2.42. The second-order valence-corrected chi connectivity index (χ2v) is 5.30. The van der Waals surface area contributed by atoms with Gasteiger partial charge in [0.2, 0.25) is 5.91 Å². The molecule has 3 aromatic rings. The van der Waals surface area contributed by atoms with Crippen LogP contribution in [0, 0.1) is 0 Å². The molecule has 116 valence electrons. The highest BCUT2D eigenvalue weighted by molar-refractivity contribution is 6.31. The molecule has 0 unspecified atom stereocenters. The van der Waals surface area contributed by atoms with Gasteiger partial charge in [0.15, 0.2) is 11.3 Å². The molecule has 0 spiro atoms. The van der Waals surface area contributed by atoms with Gasteiger partial charge in [0.05, 0.1) is 7.11 Å². The van der Waals surface area contributed by atoms with Crippen molar-refractivity contribution in [3.05, 3.63) is 65.4 Å². The van der Waals surface area contributed by atoms with E-state index in [1.54, 1.807) is 31.4 Å². The van der Waals surface area contributed by atoms with Crippen molar-refractivity contribution in [3.63, 3.8) is 0 Å². The lowest BCUT2D eigenvalue weighted by Gasteiger charge is -2.00. The SMILES string of the molecule is COc1cc(Cl)cc2cc(C=CC(=O)Nc3ccccc3)oc12. The topological polar surface area (TPSA) is 51.5 Å². The molecule has 1 amide bonds. The van der Waals surface area contributed by atoms with Crippen LogP contribution in [0.5, 0.6) is 5.75 Å². The Balaban J connectivity index is 1.79. The number of ether oxygens (including phenoxy) is 1. The Morgan fingerprint density at radius 1 is 1.22 bits per heavy atom. The lowest BCUT2D eigenvalue weighted by Crippen LogP contribution is -2.07. The molecule has 23 heavy (non-hydrogen) atoms. The summed E-state index contributed by atoms with van der Waals surface area (Å²) < 4.78 is 10.9. The van der Waals surface area contributed by atoms with Gasteiger partial charge in [-0.2, -0.15) is 0 Å². The second-order valence-electron chi connectivity index (χ2n) is 4.86. The van der Waals surface area contributed by atoms with Crippen LogP contribution in [0.15, 0.2) is 59.0 Å². The quantitative estimate of drug-likeness (QED) is 0.704. The minimum atomic E-state index is -0.235. The summed E-state index contributed by atoms with van der Waals surface area (Å²) in [5.41, 5.74) is 1.33. The molecule has 1 N–H and O–H groups in total. The van der Waals surface area contributed by atoms with Crippen molar-refractivity contribution in [2.45, 2.75) is 0 Å². The van der Waals surface area contributed by atoms with Crippen molar-refractivity contribution in [3.8, 4) is 5.75 Å². The summed E-state index contributed by atoms with van der Waals surface area (Å²) in [6, 6.07) is 14.5. The molecule has 0 atom stereocenters. The largest absolute Gasteiger partial charge is 0.493 e. The standard InChI is InChI=1S/C18H14ClNO3/c1-22-16-11-13(19)9-12-10-15(23-18(12)16)7-8-17(21)20-14-5-3-2-4-6-14/h2-11H,1H3,(H,20,21). The number of hydrogen-bond acceptors (Lipinski definition) is 3. The van der Waals surface area contributed by atoms with Crippen LogP contribution in [-0.2, 0) is 4.79 Å². The molecule has 5 heteroatoms. The first-order valence-electron chi connectivity index (χ1n) is 6.97. The van der Waals surface area contributed by atoms with E-state index in [2.05, 4.69) is 5.32 Å². The third-order valence-electron chi connectivity index (χ3n) is 3.23. The van der Waals surface area contributed by atoms with E-state index in [4.69, 9.17) is 20.8 Å². The third kappa shape index (κ3) is 3.55. The molecular weight excluding hydrogens is 314 g/mol. The maximum absolute atomic E-state index is 11.9. The van der Waals surface area contributed by atoms with Crippen LogP contribution in [0.1, 0.15) is 5.76 Å². The first-order valence-corrected chi connectivity index (χ1v) is 7.35. The van der Waals surface area contributed by atoms with E-state index in [1.807, 2.05) is 30.3 Å². The normalized spacial score (nSPS) is 11.0. The van der Waals surface area contributed by atoms with Gasteiger partial charge in [0, 0.05) is 28.2 Å². The van der Waals surface area contributed by atoms with E-state index in [1.165, 1.54) is 6.08 Å². The van der Waals surface area contributed by atoms with Crippen molar-refractivity contribution in [2.75, 3.05) is 12.4 Å². The van der Waals surface area contributed by atoms with Crippen molar-refractivity contribution in [1.29, 1.82) is 0 Å². The predicted molar refractivity (Wildman–Crippen MR) is 91.9 cm³/mol. The third-order valence-corrected chi connectivity index (χ3v) is 3.44. The van der Waals surface area contributed by atoms with Gasteiger partial charge >= 0.3 is 0 Å². The average Bonchev–Trinajstić information content (AvgIpc) is 2.96. The number of methoxy groups -OCH3 is 1. The fourth-order valence-electron chi connectivity index (χ4n) is 2.20. The lowest BCUT2D eigenvalue weighted by atomic mass is 10.2. The highest BCUT2D eigenvalue weighted by Crippen LogP contribution is 2.32. The highest BCUT2D eigenvalue weighted by Gasteiger charge is 2.09. The molecule has 0 bridgehead atoms. The molecule has 2 aromatic carbocycles. The number of nitrogens with one attached hydrogen (secondary N) is 1. The number of rotatable bonds is 4. The fraction of sp³-hybridized carbons (Fsp3) is 0.0556. The summed E-state index contributed by atoms with van der Waals surface area (Å²) in [7, 11) is 1.55. The summed E-state index contributed by atoms with van der Waals surface area (Å²) in [5.74, 6) is 0.867. The number of carbonyl (C=O) groups excluding carboxylic acids is 1. The summed E-state index contributed by atoms with van der Waals surface area (Å²) in [5, 5.41) is 4.14. The molecule has 1 aromatic heterocycles. The van der Waals surface area contributed by atoms with Gasteiger partial charge < -0.3 is 14.5 Å². The molecule has 0 saturated heterocycles. The van der Waals surface area contributed by atoms with Gasteiger partial charge in [-0.05, 0) is 30.3 Å². The Hall–Kier alpha value is -2.72. The summed E-state index contributed by atoms with van der Waals surface area (Å²) >= 11 is 6.03. The van der Waals surface area contributed by atoms with Crippen molar-refractivity contribution in [2.24, 2.45) is 0 Å². The molecular formula is C18H14ClNO3. The Labute approximate surface area is 138 Å². The molecule has 0 fully saturated rings. The van der Waals surface area contributed by atoms with Crippen LogP contribution in [0.3, 0.4) is 0 Å². The van der Waals surface area contributed by atoms with Gasteiger partial charge in [-0.1, -0.05) is 29.8 Å². The Morgan fingerprint density at radius 2 is 2.00 bits per heavy atom. The van der Waals surface area contributed by atoms with Gasteiger partial charge in [-0.25, -0.2) is 0 Å². The zero-order valence-electron chi connectivity index (χ0n) is 12.4. The maximum atomic E-state index is 11.9. The monoisotopic (exact) mass is 327 g/mol. The Morgan fingerprint density at radius 3 is 2.74 bits per heavy atom. The summed E-state index contributed by atoms with van der Waals surface area (Å²) in [4.78, 5) is 11.9. The molecule has 0 aliphatic rings. The van der Waals surface area contributed by atoms with Gasteiger partial charge in [0.1, 0.15) is 5.76 Å². The zero-order chi connectivity index (χ0) is 16.2. The minimum absolute atomic E-state index is 0.235. The van der Waals surface area contributed by atoms with Gasteiger partial charge in [0.25, 0.3) is 0 Å². The number of anilines is 1. The molecule has 0 saturated carbocycles. The maximum Gasteiger partial charge on any atom is 0.248 e.